The van der Waals surface area contributed by atoms with Crippen LogP contribution in [0.25, 0.3) is 0 Å². The van der Waals surface area contributed by atoms with Gasteiger partial charge in [-0.3, -0.25) is 0 Å². The first kappa shape index (κ1) is 11.1. The third-order valence-corrected chi connectivity index (χ3v) is 2.86. The zero-order valence-corrected chi connectivity index (χ0v) is 9.60. The first-order valence-electron chi connectivity index (χ1n) is 5.44. The van der Waals surface area contributed by atoms with Crippen molar-refractivity contribution < 1.29 is 14.3 Å². The van der Waals surface area contributed by atoms with E-state index < -0.39 is 0 Å². The number of carbonyl (C=O) groups excluding carboxylic acids is 1. The molecule has 0 aromatic carbocycles. The number of hydrogen-bond donors (Lipinski definition) is 0. The first-order valence-corrected chi connectivity index (χ1v) is 5.44. The topological polar surface area (TPSA) is 53.3 Å². The van der Waals surface area contributed by atoms with Crippen LogP contribution in [0.15, 0.2) is 6.20 Å². The van der Waals surface area contributed by atoms with Crippen LogP contribution in [0, 0.1) is 6.92 Å². The Morgan fingerprint density at radius 3 is 3.19 bits per heavy atom. The number of nitrogens with zero attached hydrogens (tertiary/aromatic N) is 2. The van der Waals surface area contributed by atoms with Gasteiger partial charge < -0.3 is 14.0 Å². The number of hydrogen-bond acceptors (Lipinski definition) is 4. The van der Waals surface area contributed by atoms with Crippen LogP contribution in [-0.4, -0.2) is 35.3 Å². The van der Waals surface area contributed by atoms with Crippen LogP contribution in [-0.2, 0) is 16.0 Å². The maximum Gasteiger partial charge on any atom is 0.356 e. The Balaban J connectivity index is 2.17. The van der Waals surface area contributed by atoms with Crippen LogP contribution < -0.4 is 0 Å². The van der Waals surface area contributed by atoms with Gasteiger partial charge in [0.05, 0.1) is 26.0 Å². The van der Waals surface area contributed by atoms with Gasteiger partial charge in [-0.25, -0.2) is 9.78 Å². The van der Waals surface area contributed by atoms with Gasteiger partial charge >= 0.3 is 5.97 Å². The van der Waals surface area contributed by atoms with Gasteiger partial charge in [-0.15, -0.1) is 0 Å². The highest BCUT2D eigenvalue weighted by atomic mass is 16.5. The molecule has 1 unspecified atom stereocenters. The molecule has 5 nitrogen and oxygen atoms in total. The van der Waals surface area contributed by atoms with E-state index in [1.807, 2.05) is 11.5 Å². The van der Waals surface area contributed by atoms with Gasteiger partial charge in [0.15, 0.2) is 0 Å². The molecule has 0 bridgehead atoms. The van der Waals surface area contributed by atoms with Crippen molar-refractivity contribution in [2.24, 2.45) is 0 Å². The average Bonchev–Trinajstić information content (AvgIpc) is 2.90. The minimum absolute atomic E-state index is 0.191. The molecule has 2 heterocycles. The fraction of sp³-hybridized carbons (Fsp3) is 0.636. The van der Waals surface area contributed by atoms with Crippen molar-refractivity contribution in [3.63, 3.8) is 0 Å². The second kappa shape index (κ2) is 4.65. The number of methoxy groups -OCH3 is 1. The molecule has 0 amide bonds. The van der Waals surface area contributed by atoms with Crippen LogP contribution in [0.4, 0.5) is 0 Å². The molecule has 1 aliphatic rings. The molecule has 0 aliphatic carbocycles. The number of rotatable bonds is 3. The van der Waals surface area contributed by atoms with Gasteiger partial charge in [-0.05, 0) is 19.8 Å². The fourth-order valence-corrected chi connectivity index (χ4v) is 1.96. The van der Waals surface area contributed by atoms with E-state index >= 15 is 0 Å². The Kier molecular flexibility index (Phi) is 3.24. The van der Waals surface area contributed by atoms with Crippen LogP contribution >= 0.6 is 0 Å². The van der Waals surface area contributed by atoms with Crippen LogP contribution in [0.3, 0.4) is 0 Å². The number of aromatic nitrogens is 2. The number of carbonyl (C=O) groups is 1. The van der Waals surface area contributed by atoms with E-state index in [9.17, 15) is 4.79 Å². The van der Waals surface area contributed by atoms with E-state index in [4.69, 9.17) is 9.47 Å². The van der Waals surface area contributed by atoms with Crippen molar-refractivity contribution in [1.82, 2.24) is 9.55 Å². The Hall–Kier alpha value is -1.36. The van der Waals surface area contributed by atoms with Crippen molar-refractivity contribution in [2.75, 3.05) is 13.7 Å². The van der Waals surface area contributed by atoms with Crippen molar-refractivity contribution in [3.05, 3.63) is 17.7 Å². The molecule has 1 fully saturated rings. The zero-order valence-electron chi connectivity index (χ0n) is 9.60. The standard InChI is InChI=1S/C11H16N2O3/c1-8-12-6-10(11(14)15-2)13(8)7-9-4-3-5-16-9/h6,9H,3-5,7H2,1-2H3. The largest absolute Gasteiger partial charge is 0.464 e. The lowest BCUT2D eigenvalue weighted by atomic mass is 10.2. The summed E-state index contributed by atoms with van der Waals surface area (Å²) in [7, 11) is 1.38. The van der Waals surface area contributed by atoms with E-state index in [1.165, 1.54) is 7.11 Å². The number of esters is 1. The molecular formula is C11H16N2O3. The molecule has 1 aromatic heterocycles. The molecule has 1 aliphatic heterocycles. The summed E-state index contributed by atoms with van der Waals surface area (Å²) >= 11 is 0. The quantitative estimate of drug-likeness (QED) is 0.723. The summed E-state index contributed by atoms with van der Waals surface area (Å²) in [5, 5.41) is 0. The number of imidazole rings is 1. The molecule has 0 spiro atoms. The lowest BCUT2D eigenvalue weighted by Gasteiger charge is -2.13. The summed E-state index contributed by atoms with van der Waals surface area (Å²) in [6.45, 7) is 3.36. The normalized spacial score (nSPS) is 20.0. The summed E-state index contributed by atoms with van der Waals surface area (Å²) < 4.78 is 12.1. The van der Waals surface area contributed by atoms with E-state index in [0.29, 0.717) is 12.2 Å². The van der Waals surface area contributed by atoms with Gasteiger partial charge in [0, 0.05) is 6.61 Å². The highest BCUT2D eigenvalue weighted by molar-refractivity contribution is 5.87. The Morgan fingerprint density at radius 2 is 2.56 bits per heavy atom. The summed E-state index contributed by atoms with van der Waals surface area (Å²) in [5.74, 6) is 0.467. The first-order chi connectivity index (χ1) is 7.72. The third kappa shape index (κ3) is 2.09. The Labute approximate surface area is 94.4 Å². The summed E-state index contributed by atoms with van der Waals surface area (Å²) in [5.41, 5.74) is 0.496. The predicted molar refractivity (Wildman–Crippen MR) is 57.3 cm³/mol. The summed E-state index contributed by atoms with van der Waals surface area (Å²) in [4.78, 5) is 15.6. The molecule has 1 atom stereocenters. The Morgan fingerprint density at radius 1 is 1.75 bits per heavy atom. The SMILES string of the molecule is COC(=O)c1cnc(C)n1CC1CCCO1. The zero-order chi connectivity index (χ0) is 11.5. The Bertz CT molecular complexity index is 381. The highest BCUT2D eigenvalue weighted by Crippen LogP contribution is 2.16. The van der Waals surface area contributed by atoms with Gasteiger partial charge in [0.1, 0.15) is 11.5 Å². The molecule has 0 saturated carbocycles. The average molecular weight is 224 g/mol. The van der Waals surface area contributed by atoms with Gasteiger partial charge in [0.25, 0.3) is 0 Å². The van der Waals surface area contributed by atoms with Crippen LogP contribution in [0.2, 0.25) is 0 Å². The minimum atomic E-state index is -0.349. The predicted octanol–water partition coefficient (Wildman–Crippen LogP) is 1.16. The van der Waals surface area contributed by atoms with Crippen molar-refractivity contribution in [1.29, 1.82) is 0 Å². The molecule has 1 aromatic rings. The molecule has 88 valence electrons. The molecule has 5 heteroatoms. The van der Waals surface area contributed by atoms with Gasteiger partial charge in [-0.1, -0.05) is 0 Å². The molecular weight excluding hydrogens is 208 g/mol. The second-order valence-electron chi connectivity index (χ2n) is 3.93. The van der Waals surface area contributed by atoms with Crippen molar-refractivity contribution in [3.8, 4) is 0 Å². The van der Waals surface area contributed by atoms with Crippen molar-refractivity contribution in [2.45, 2.75) is 32.4 Å². The van der Waals surface area contributed by atoms with Gasteiger partial charge in [-0.2, -0.15) is 0 Å². The van der Waals surface area contributed by atoms with Gasteiger partial charge in [0.2, 0.25) is 0 Å². The molecule has 0 radical (unpaired) electrons. The second-order valence-corrected chi connectivity index (χ2v) is 3.93. The third-order valence-electron chi connectivity index (χ3n) is 2.86. The monoisotopic (exact) mass is 224 g/mol. The maximum absolute atomic E-state index is 11.5. The maximum atomic E-state index is 11.5. The highest BCUT2D eigenvalue weighted by Gasteiger charge is 2.21. The lowest BCUT2D eigenvalue weighted by Crippen LogP contribution is -2.20. The fourth-order valence-electron chi connectivity index (χ4n) is 1.96. The van der Waals surface area contributed by atoms with E-state index in [-0.39, 0.29) is 12.1 Å². The van der Waals surface area contributed by atoms with E-state index in [0.717, 1.165) is 25.3 Å². The smallest absolute Gasteiger partial charge is 0.356 e. The number of ether oxygens (including phenoxy) is 2. The lowest BCUT2D eigenvalue weighted by molar-refractivity contribution is 0.0576. The van der Waals surface area contributed by atoms with E-state index in [2.05, 4.69) is 4.98 Å². The van der Waals surface area contributed by atoms with Crippen molar-refractivity contribution >= 4 is 5.97 Å². The summed E-state index contributed by atoms with van der Waals surface area (Å²) in [6, 6.07) is 0. The van der Waals surface area contributed by atoms with E-state index in [1.54, 1.807) is 6.20 Å². The number of aryl methyl sites for hydroxylation is 1. The molecule has 1 saturated heterocycles. The van der Waals surface area contributed by atoms with Crippen LogP contribution in [0.5, 0.6) is 0 Å². The molecule has 2 rings (SSSR count). The van der Waals surface area contributed by atoms with Crippen LogP contribution in [0.1, 0.15) is 29.2 Å². The summed E-state index contributed by atoms with van der Waals surface area (Å²) in [6.07, 6.45) is 3.87. The minimum Gasteiger partial charge on any atom is -0.464 e. The molecule has 16 heavy (non-hydrogen) atoms. The molecule has 0 N–H and O–H groups in total.